The van der Waals surface area contributed by atoms with Crippen molar-refractivity contribution in [2.45, 2.75) is 13.5 Å². The fourth-order valence-corrected chi connectivity index (χ4v) is 2.07. The Bertz CT molecular complexity index is 701. The van der Waals surface area contributed by atoms with E-state index in [1.165, 1.54) is 0 Å². The summed E-state index contributed by atoms with van der Waals surface area (Å²) in [4.78, 5) is 7.59. The number of aromatic nitrogens is 2. The Kier molecular flexibility index (Phi) is 2.83. The van der Waals surface area contributed by atoms with Crippen molar-refractivity contribution >= 4 is 16.7 Å². The molecule has 0 saturated carbocycles. The van der Waals surface area contributed by atoms with Crippen LogP contribution in [0.2, 0.25) is 0 Å². The van der Waals surface area contributed by atoms with Crippen molar-refractivity contribution in [1.82, 2.24) is 9.97 Å². The van der Waals surface area contributed by atoms with E-state index in [4.69, 9.17) is 0 Å². The summed E-state index contributed by atoms with van der Waals surface area (Å²) in [6.45, 7) is 2.67. The summed E-state index contributed by atoms with van der Waals surface area (Å²) in [6, 6.07) is 13.3. The monoisotopic (exact) mass is 253 g/mol. The van der Waals surface area contributed by atoms with Gasteiger partial charge >= 0.3 is 0 Å². The SMILES string of the molecule is Cc1nc2ccc(NCc3ccc(O)cc3)cc2[nH]1. The molecule has 0 radical (unpaired) electrons. The summed E-state index contributed by atoms with van der Waals surface area (Å²) < 4.78 is 0. The van der Waals surface area contributed by atoms with Gasteiger partial charge in [0.2, 0.25) is 0 Å². The molecular formula is C15H15N3O. The van der Waals surface area contributed by atoms with E-state index >= 15 is 0 Å². The minimum atomic E-state index is 0.290. The second kappa shape index (κ2) is 4.65. The first kappa shape index (κ1) is 11.6. The topological polar surface area (TPSA) is 60.9 Å². The standard InChI is InChI=1S/C15H15N3O/c1-10-17-14-7-4-12(8-15(14)18-10)16-9-11-2-5-13(19)6-3-11/h2-8,16,19H,9H2,1H3,(H,17,18). The molecule has 0 aliphatic heterocycles. The van der Waals surface area contributed by atoms with E-state index in [0.717, 1.165) is 34.7 Å². The van der Waals surface area contributed by atoms with Gasteiger partial charge in [0.15, 0.2) is 0 Å². The lowest BCUT2D eigenvalue weighted by Crippen LogP contribution is -1.98. The van der Waals surface area contributed by atoms with Crippen LogP contribution in [0.25, 0.3) is 11.0 Å². The highest BCUT2D eigenvalue weighted by Crippen LogP contribution is 2.18. The van der Waals surface area contributed by atoms with Crippen LogP contribution in [0.1, 0.15) is 11.4 Å². The average molecular weight is 253 g/mol. The number of phenolic OH excluding ortho intramolecular Hbond substituents is 1. The van der Waals surface area contributed by atoms with Gasteiger partial charge in [0.25, 0.3) is 0 Å². The Balaban J connectivity index is 1.75. The number of rotatable bonds is 3. The lowest BCUT2D eigenvalue weighted by atomic mass is 10.2. The molecule has 0 atom stereocenters. The Morgan fingerprint density at radius 1 is 1.16 bits per heavy atom. The van der Waals surface area contributed by atoms with Gasteiger partial charge in [-0.3, -0.25) is 0 Å². The number of hydrogen-bond donors (Lipinski definition) is 3. The molecule has 96 valence electrons. The Hall–Kier alpha value is -2.49. The van der Waals surface area contributed by atoms with Crippen molar-refractivity contribution in [3.8, 4) is 5.75 Å². The van der Waals surface area contributed by atoms with Crippen LogP contribution in [0.15, 0.2) is 42.5 Å². The summed E-state index contributed by atoms with van der Waals surface area (Å²) >= 11 is 0. The lowest BCUT2D eigenvalue weighted by molar-refractivity contribution is 0.475. The zero-order chi connectivity index (χ0) is 13.2. The molecule has 0 aliphatic carbocycles. The van der Waals surface area contributed by atoms with Crippen LogP contribution in [0.4, 0.5) is 5.69 Å². The maximum atomic E-state index is 9.23. The van der Waals surface area contributed by atoms with Gasteiger partial charge in [0, 0.05) is 12.2 Å². The molecular weight excluding hydrogens is 238 g/mol. The van der Waals surface area contributed by atoms with Crippen LogP contribution in [0.3, 0.4) is 0 Å². The number of fused-ring (bicyclic) bond motifs is 1. The molecule has 3 N–H and O–H groups in total. The molecule has 2 aromatic carbocycles. The number of imidazole rings is 1. The van der Waals surface area contributed by atoms with Gasteiger partial charge in [-0.1, -0.05) is 12.1 Å². The van der Waals surface area contributed by atoms with E-state index in [1.54, 1.807) is 12.1 Å². The molecule has 4 heteroatoms. The molecule has 0 amide bonds. The molecule has 0 unspecified atom stereocenters. The molecule has 0 fully saturated rings. The fourth-order valence-electron chi connectivity index (χ4n) is 2.07. The minimum absolute atomic E-state index is 0.290. The summed E-state index contributed by atoms with van der Waals surface area (Å²) in [6.07, 6.45) is 0. The van der Waals surface area contributed by atoms with E-state index < -0.39 is 0 Å². The van der Waals surface area contributed by atoms with Gasteiger partial charge in [0.05, 0.1) is 11.0 Å². The number of phenols is 1. The Morgan fingerprint density at radius 2 is 1.95 bits per heavy atom. The zero-order valence-corrected chi connectivity index (χ0v) is 10.6. The highest BCUT2D eigenvalue weighted by molar-refractivity contribution is 5.79. The van der Waals surface area contributed by atoms with Gasteiger partial charge in [-0.15, -0.1) is 0 Å². The van der Waals surface area contributed by atoms with E-state index in [1.807, 2.05) is 31.2 Å². The first-order chi connectivity index (χ1) is 9.20. The van der Waals surface area contributed by atoms with Gasteiger partial charge < -0.3 is 15.4 Å². The van der Waals surface area contributed by atoms with E-state index in [9.17, 15) is 5.11 Å². The lowest BCUT2D eigenvalue weighted by Gasteiger charge is -2.06. The number of hydrogen-bond acceptors (Lipinski definition) is 3. The first-order valence-corrected chi connectivity index (χ1v) is 6.19. The van der Waals surface area contributed by atoms with E-state index in [0.29, 0.717) is 0 Å². The van der Waals surface area contributed by atoms with Crippen molar-refractivity contribution in [1.29, 1.82) is 0 Å². The molecule has 19 heavy (non-hydrogen) atoms. The molecule has 0 spiro atoms. The second-order valence-electron chi connectivity index (χ2n) is 4.57. The number of aromatic hydroxyl groups is 1. The maximum absolute atomic E-state index is 9.23. The van der Waals surface area contributed by atoms with Crippen LogP contribution < -0.4 is 5.32 Å². The van der Waals surface area contributed by atoms with Crippen molar-refractivity contribution in [3.05, 3.63) is 53.9 Å². The number of aromatic amines is 1. The largest absolute Gasteiger partial charge is 0.508 e. The quantitative estimate of drug-likeness (QED) is 0.671. The van der Waals surface area contributed by atoms with E-state index in [2.05, 4.69) is 21.4 Å². The Morgan fingerprint density at radius 3 is 2.74 bits per heavy atom. The van der Waals surface area contributed by atoms with Gasteiger partial charge in [-0.25, -0.2) is 4.98 Å². The predicted molar refractivity (Wildman–Crippen MR) is 76.3 cm³/mol. The third-order valence-corrected chi connectivity index (χ3v) is 3.03. The minimum Gasteiger partial charge on any atom is -0.508 e. The first-order valence-electron chi connectivity index (χ1n) is 6.19. The fraction of sp³-hybridized carbons (Fsp3) is 0.133. The van der Waals surface area contributed by atoms with Gasteiger partial charge in [0.1, 0.15) is 11.6 Å². The average Bonchev–Trinajstić information content (AvgIpc) is 2.77. The summed E-state index contributed by atoms with van der Waals surface area (Å²) in [7, 11) is 0. The predicted octanol–water partition coefficient (Wildman–Crippen LogP) is 3.19. The van der Waals surface area contributed by atoms with Crippen LogP contribution >= 0.6 is 0 Å². The highest BCUT2D eigenvalue weighted by Gasteiger charge is 2.01. The summed E-state index contributed by atoms with van der Waals surface area (Å²) in [5.41, 5.74) is 4.18. The third-order valence-electron chi connectivity index (χ3n) is 3.03. The smallest absolute Gasteiger partial charge is 0.115 e. The number of H-pyrrole nitrogens is 1. The maximum Gasteiger partial charge on any atom is 0.115 e. The number of anilines is 1. The number of nitrogens with one attached hydrogen (secondary N) is 2. The Labute approximate surface area is 111 Å². The van der Waals surface area contributed by atoms with Crippen molar-refractivity contribution < 1.29 is 5.11 Å². The van der Waals surface area contributed by atoms with Crippen molar-refractivity contribution in [2.75, 3.05) is 5.32 Å². The number of benzene rings is 2. The van der Waals surface area contributed by atoms with Crippen LogP contribution in [-0.4, -0.2) is 15.1 Å². The number of nitrogens with zero attached hydrogens (tertiary/aromatic N) is 1. The van der Waals surface area contributed by atoms with Gasteiger partial charge in [-0.2, -0.15) is 0 Å². The second-order valence-corrected chi connectivity index (χ2v) is 4.57. The van der Waals surface area contributed by atoms with Crippen LogP contribution in [0, 0.1) is 6.92 Å². The van der Waals surface area contributed by atoms with E-state index in [-0.39, 0.29) is 5.75 Å². The normalized spacial score (nSPS) is 10.8. The molecule has 4 nitrogen and oxygen atoms in total. The summed E-state index contributed by atoms with van der Waals surface area (Å²) in [5.74, 6) is 1.21. The third kappa shape index (κ3) is 2.52. The molecule has 0 bridgehead atoms. The summed E-state index contributed by atoms with van der Waals surface area (Å²) in [5, 5.41) is 12.6. The van der Waals surface area contributed by atoms with Crippen LogP contribution in [-0.2, 0) is 6.54 Å². The molecule has 1 aromatic heterocycles. The van der Waals surface area contributed by atoms with Crippen molar-refractivity contribution in [3.63, 3.8) is 0 Å². The van der Waals surface area contributed by atoms with Gasteiger partial charge in [-0.05, 0) is 42.8 Å². The molecule has 3 rings (SSSR count). The molecule has 3 aromatic rings. The van der Waals surface area contributed by atoms with Crippen molar-refractivity contribution in [2.24, 2.45) is 0 Å². The highest BCUT2D eigenvalue weighted by atomic mass is 16.3. The number of aryl methyl sites for hydroxylation is 1. The molecule has 0 saturated heterocycles. The molecule has 1 heterocycles. The zero-order valence-electron chi connectivity index (χ0n) is 10.6. The van der Waals surface area contributed by atoms with Crippen LogP contribution in [0.5, 0.6) is 5.75 Å². The molecule has 0 aliphatic rings.